The Bertz CT molecular complexity index is 705. The molecule has 1 aliphatic carbocycles. The molecule has 2 rings (SSSR count). The summed E-state index contributed by atoms with van der Waals surface area (Å²) in [6, 6.07) is 6.62. The molecule has 1 amide bonds. The monoisotopic (exact) mass is 382 g/mol. The number of nitrogens with one attached hydrogen (secondary N) is 1. The maximum atomic E-state index is 12.1. The molecule has 3 N–H and O–H groups in total. The van der Waals surface area contributed by atoms with E-state index in [0.29, 0.717) is 24.3 Å². The second-order valence-corrected chi connectivity index (χ2v) is 9.68. The van der Waals surface area contributed by atoms with Gasteiger partial charge >= 0.3 is 0 Å². The zero-order valence-electron chi connectivity index (χ0n) is 15.6. The van der Waals surface area contributed by atoms with E-state index in [2.05, 4.69) is 12.2 Å². The molecule has 0 saturated heterocycles. The number of benzene rings is 1. The average molecular weight is 383 g/mol. The first-order valence-electron chi connectivity index (χ1n) is 9.17. The Labute approximate surface area is 156 Å². The van der Waals surface area contributed by atoms with E-state index in [4.69, 9.17) is 10.5 Å². The van der Waals surface area contributed by atoms with Crippen molar-refractivity contribution in [2.24, 2.45) is 11.7 Å². The van der Waals surface area contributed by atoms with Crippen LogP contribution in [0.2, 0.25) is 0 Å². The van der Waals surface area contributed by atoms with Gasteiger partial charge in [-0.25, -0.2) is 8.42 Å². The molecular weight excluding hydrogens is 352 g/mol. The van der Waals surface area contributed by atoms with E-state index >= 15 is 0 Å². The van der Waals surface area contributed by atoms with E-state index in [1.807, 2.05) is 18.2 Å². The van der Waals surface area contributed by atoms with Crippen molar-refractivity contribution in [3.05, 3.63) is 29.8 Å². The fourth-order valence-corrected chi connectivity index (χ4v) is 3.87. The minimum atomic E-state index is -3.13. The Balaban J connectivity index is 1.84. The van der Waals surface area contributed by atoms with E-state index < -0.39 is 15.9 Å². The highest BCUT2D eigenvalue weighted by atomic mass is 32.2. The van der Waals surface area contributed by atoms with Crippen LogP contribution in [0.3, 0.4) is 0 Å². The SMILES string of the molecule is CC1CCCC(OCc2cccc(NC(=O)C(N)CCS(C)(=O)=O)c2)C1. The third kappa shape index (κ3) is 7.43. The maximum absolute atomic E-state index is 12.1. The summed E-state index contributed by atoms with van der Waals surface area (Å²) < 4.78 is 28.4. The molecule has 0 radical (unpaired) electrons. The van der Waals surface area contributed by atoms with E-state index in [9.17, 15) is 13.2 Å². The van der Waals surface area contributed by atoms with Gasteiger partial charge in [-0.3, -0.25) is 4.79 Å². The number of carbonyl (C=O) groups excluding carboxylic acids is 1. The third-order valence-corrected chi connectivity index (χ3v) is 5.68. The van der Waals surface area contributed by atoms with Crippen LogP contribution in [0.15, 0.2) is 24.3 Å². The van der Waals surface area contributed by atoms with Gasteiger partial charge in [0, 0.05) is 11.9 Å². The molecule has 1 aromatic carbocycles. The fraction of sp³-hybridized carbons (Fsp3) is 0.632. The van der Waals surface area contributed by atoms with Gasteiger partial charge in [0.05, 0.1) is 24.5 Å². The quantitative estimate of drug-likeness (QED) is 0.720. The molecule has 1 saturated carbocycles. The second kappa shape index (κ2) is 9.48. The molecule has 6 nitrogen and oxygen atoms in total. The van der Waals surface area contributed by atoms with Gasteiger partial charge in [0.15, 0.2) is 0 Å². The molecule has 1 aliphatic rings. The van der Waals surface area contributed by atoms with Crippen LogP contribution in [0.25, 0.3) is 0 Å². The predicted molar refractivity (Wildman–Crippen MR) is 104 cm³/mol. The van der Waals surface area contributed by atoms with Crippen LogP contribution in [-0.2, 0) is 26.0 Å². The summed E-state index contributed by atoms with van der Waals surface area (Å²) in [5, 5.41) is 2.75. The molecule has 0 aromatic heterocycles. The van der Waals surface area contributed by atoms with Crippen molar-refractivity contribution < 1.29 is 17.9 Å². The number of amides is 1. The van der Waals surface area contributed by atoms with Crippen molar-refractivity contribution in [2.45, 2.75) is 57.8 Å². The molecule has 0 aliphatic heterocycles. The van der Waals surface area contributed by atoms with Crippen LogP contribution in [0.4, 0.5) is 5.69 Å². The first-order valence-corrected chi connectivity index (χ1v) is 11.2. The van der Waals surface area contributed by atoms with Gasteiger partial charge in [-0.1, -0.05) is 31.9 Å². The van der Waals surface area contributed by atoms with Crippen LogP contribution >= 0.6 is 0 Å². The van der Waals surface area contributed by atoms with E-state index in [0.717, 1.165) is 24.7 Å². The lowest BCUT2D eigenvalue weighted by Gasteiger charge is -2.26. The van der Waals surface area contributed by atoms with Gasteiger partial charge < -0.3 is 15.8 Å². The molecule has 1 fully saturated rings. The van der Waals surface area contributed by atoms with Crippen LogP contribution in [-0.4, -0.2) is 38.5 Å². The molecule has 3 unspecified atom stereocenters. The van der Waals surface area contributed by atoms with E-state index in [1.165, 1.54) is 12.8 Å². The lowest BCUT2D eigenvalue weighted by Crippen LogP contribution is -2.37. The van der Waals surface area contributed by atoms with Crippen molar-refractivity contribution >= 4 is 21.4 Å². The van der Waals surface area contributed by atoms with Crippen LogP contribution < -0.4 is 11.1 Å². The summed E-state index contributed by atoms with van der Waals surface area (Å²) in [5.74, 6) is 0.232. The largest absolute Gasteiger partial charge is 0.374 e. The Kier molecular flexibility index (Phi) is 7.61. The average Bonchev–Trinajstić information content (AvgIpc) is 2.57. The molecule has 3 atom stereocenters. The zero-order valence-corrected chi connectivity index (χ0v) is 16.4. The molecule has 1 aromatic rings. The van der Waals surface area contributed by atoms with Crippen LogP contribution in [0, 0.1) is 5.92 Å². The molecule has 146 valence electrons. The maximum Gasteiger partial charge on any atom is 0.241 e. The highest BCUT2D eigenvalue weighted by Gasteiger charge is 2.19. The Morgan fingerprint density at radius 1 is 1.38 bits per heavy atom. The lowest BCUT2D eigenvalue weighted by atomic mass is 9.89. The Hall–Kier alpha value is -1.44. The summed E-state index contributed by atoms with van der Waals surface area (Å²) >= 11 is 0. The summed E-state index contributed by atoms with van der Waals surface area (Å²) in [6.07, 6.45) is 6.25. The highest BCUT2D eigenvalue weighted by molar-refractivity contribution is 7.90. The number of anilines is 1. The lowest BCUT2D eigenvalue weighted by molar-refractivity contribution is -0.117. The number of hydrogen-bond acceptors (Lipinski definition) is 5. The van der Waals surface area contributed by atoms with E-state index in [1.54, 1.807) is 6.07 Å². The first kappa shape index (κ1) is 20.9. The van der Waals surface area contributed by atoms with Gasteiger partial charge in [-0.15, -0.1) is 0 Å². The minimum absolute atomic E-state index is 0.102. The van der Waals surface area contributed by atoms with Crippen molar-refractivity contribution in [3.63, 3.8) is 0 Å². The fourth-order valence-electron chi connectivity index (χ4n) is 3.19. The first-order chi connectivity index (χ1) is 12.2. The molecule has 0 heterocycles. The zero-order chi connectivity index (χ0) is 19.2. The van der Waals surface area contributed by atoms with Gasteiger partial charge in [-0.05, 0) is 42.9 Å². The van der Waals surface area contributed by atoms with Gasteiger partial charge in [0.25, 0.3) is 0 Å². The van der Waals surface area contributed by atoms with Crippen LogP contribution in [0.1, 0.15) is 44.6 Å². The molecule has 7 heteroatoms. The minimum Gasteiger partial charge on any atom is -0.374 e. The third-order valence-electron chi connectivity index (χ3n) is 4.70. The Morgan fingerprint density at radius 3 is 2.85 bits per heavy atom. The molecule has 0 bridgehead atoms. The number of ether oxygens (including phenoxy) is 1. The van der Waals surface area contributed by atoms with Crippen LogP contribution in [0.5, 0.6) is 0 Å². The van der Waals surface area contributed by atoms with Crippen molar-refractivity contribution in [2.75, 3.05) is 17.3 Å². The summed E-state index contributed by atoms with van der Waals surface area (Å²) in [5.41, 5.74) is 7.41. The van der Waals surface area contributed by atoms with Gasteiger partial charge in [0.2, 0.25) is 5.91 Å². The van der Waals surface area contributed by atoms with Crippen molar-refractivity contribution in [3.8, 4) is 0 Å². The predicted octanol–water partition coefficient (Wildman–Crippen LogP) is 2.48. The summed E-state index contributed by atoms with van der Waals surface area (Å²) in [6.45, 7) is 2.78. The number of rotatable bonds is 8. The highest BCUT2D eigenvalue weighted by Crippen LogP contribution is 2.26. The van der Waals surface area contributed by atoms with Crippen molar-refractivity contribution in [1.29, 1.82) is 0 Å². The summed E-state index contributed by atoms with van der Waals surface area (Å²) in [4.78, 5) is 12.1. The number of hydrogen-bond donors (Lipinski definition) is 2. The molecule has 0 spiro atoms. The number of carbonyl (C=O) groups is 1. The number of sulfone groups is 1. The molecule has 26 heavy (non-hydrogen) atoms. The number of nitrogens with two attached hydrogens (primary N) is 1. The smallest absolute Gasteiger partial charge is 0.241 e. The van der Waals surface area contributed by atoms with Gasteiger partial charge in [0.1, 0.15) is 9.84 Å². The molecular formula is C19H30N2O4S. The standard InChI is InChI=1S/C19H30N2O4S/c1-14-5-3-8-17(11-14)25-13-15-6-4-7-16(12-15)21-19(22)18(20)9-10-26(2,23)24/h4,6-7,12,14,17-18H,3,5,8-11,13,20H2,1-2H3,(H,21,22). The second-order valence-electron chi connectivity index (χ2n) is 7.42. The van der Waals surface area contributed by atoms with Crippen molar-refractivity contribution in [1.82, 2.24) is 0 Å². The Morgan fingerprint density at radius 2 is 2.15 bits per heavy atom. The normalized spacial score (nSPS) is 22.0. The summed E-state index contributed by atoms with van der Waals surface area (Å²) in [7, 11) is -3.13. The van der Waals surface area contributed by atoms with Gasteiger partial charge in [-0.2, -0.15) is 0 Å². The topological polar surface area (TPSA) is 98.5 Å². The van der Waals surface area contributed by atoms with E-state index in [-0.39, 0.29) is 18.1 Å².